The van der Waals surface area contributed by atoms with E-state index in [1.54, 1.807) is 24.3 Å². The molecule has 2 rings (SSSR count). The van der Waals surface area contributed by atoms with Crippen LogP contribution < -0.4 is 0 Å². The van der Waals surface area contributed by atoms with Crippen molar-refractivity contribution in [3.8, 4) is 0 Å². The molecule has 3 heteroatoms. The fourth-order valence-corrected chi connectivity index (χ4v) is 2.02. The number of carbonyl (C=O) groups is 1. The predicted octanol–water partition coefficient (Wildman–Crippen LogP) is 3.40. The van der Waals surface area contributed by atoms with Crippen LogP contribution in [0.1, 0.15) is 27.3 Å². The third-order valence-electron chi connectivity index (χ3n) is 2.84. The van der Waals surface area contributed by atoms with Crippen LogP contribution in [0.15, 0.2) is 30.3 Å². The van der Waals surface area contributed by atoms with Crippen molar-refractivity contribution in [2.45, 2.75) is 6.92 Å². The van der Waals surface area contributed by atoms with Crippen LogP contribution in [0, 0.1) is 13.8 Å². The molecule has 1 aromatic heterocycles. The lowest BCUT2D eigenvalue weighted by Crippen LogP contribution is -2.09. The number of ketones is 1. The molecule has 0 aliphatic heterocycles. The minimum atomic E-state index is -0.00318. The van der Waals surface area contributed by atoms with E-state index in [1.165, 1.54) is 0 Å². The number of benzene rings is 1. The van der Waals surface area contributed by atoms with Crippen molar-refractivity contribution < 1.29 is 4.79 Å². The smallest absolute Gasteiger partial charge is 0.209 e. The Morgan fingerprint density at radius 3 is 2.35 bits per heavy atom. The maximum absolute atomic E-state index is 12.3. The molecule has 2 aromatic rings. The first-order chi connectivity index (χ1) is 8.00. The topological polar surface area (TPSA) is 22.0 Å². The second-order valence-corrected chi connectivity index (χ2v) is 4.50. The molecule has 87 valence electrons. The van der Waals surface area contributed by atoms with E-state index < -0.39 is 0 Å². The third kappa shape index (κ3) is 2.13. The predicted molar refractivity (Wildman–Crippen MR) is 69.5 cm³/mol. The summed E-state index contributed by atoms with van der Waals surface area (Å²) in [6, 6.07) is 8.82. The minimum Gasteiger partial charge on any atom is -0.345 e. The third-order valence-corrected chi connectivity index (χ3v) is 3.10. The maximum Gasteiger partial charge on any atom is 0.209 e. The van der Waals surface area contributed by atoms with Gasteiger partial charge in [0.15, 0.2) is 0 Å². The average molecular weight is 247 g/mol. The lowest BCUT2D eigenvalue weighted by Gasteiger charge is -2.06. The standard InChI is InChI=1S/C14H13ClNO/c1-9-8-10(2)16(3)13(9)14(17)11-4-6-12(15)7-5-11/h4-8H,2H2,1,3H3. The average Bonchev–Trinajstić information content (AvgIpc) is 2.53. The molecule has 0 saturated heterocycles. The summed E-state index contributed by atoms with van der Waals surface area (Å²) in [5.41, 5.74) is 3.09. The van der Waals surface area contributed by atoms with Crippen molar-refractivity contribution in [3.63, 3.8) is 0 Å². The Kier molecular flexibility index (Phi) is 3.07. The Morgan fingerprint density at radius 1 is 1.29 bits per heavy atom. The zero-order chi connectivity index (χ0) is 12.6. The van der Waals surface area contributed by atoms with E-state index >= 15 is 0 Å². The fraction of sp³-hybridized carbons (Fsp3) is 0.143. The highest BCUT2D eigenvalue weighted by molar-refractivity contribution is 6.30. The molecule has 1 heterocycles. The highest BCUT2D eigenvalue weighted by Crippen LogP contribution is 2.18. The Bertz CT molecular complexity index is 567. The first-order valence-electron chi connectivity index (χ1n) is 5.29. The number of hydrogen-bond donors (Lipinski definition) is 0. The van der Waals surface area contributed by atoms with Gasteiger partial charge in [-0.3, -0.25) is 4.79 Å². The lowest BCUT2D eigenvalue weighted by atomic mass is 10.1. The van der Waals surface area contributed by atoms with Gasteiger partial charge in [-0.1, -0.05) is 11.6 Å². The van der Waals surface area contributed by atoms with Crippen molar-refractivity contribution in [1.29, 1.82) is 0 Å². The zero-order valence-electron chi connectivity index (χ0n) is 9.83. The summed E-state index contributed by atoms with van der Waals surface area (Å²) in [5.74, 6) is -0.00318. The number of aryl methyl sites for hydroxylation is 1. The largest absolute Gasteiger partial charge is 0.345 e. The van der Waals surface area contributed by atoms with E-state index in [-0.39, 0.29) is 5.78 Å². The molecular formula is C14H13ClNO. The molecule has 2 nitrogen and oxygen atoms in total. The molecule has 0 amide bonds. The number of rotatable bonds is 2. The van der Waals surface area contributed by atoms with Gasteiger partial charge in [-0.15, -0.1) is 0 Å². The molecule has 0 N–H and O–H groups in total. The summed E-state index contributed by atoms with van der Waals surface area (Å²) >= 11 is 5.80. The van der Waals surface area contributed by atoms with Gasteiger partial charge >= 0.3 is 0 Å². The number of carbonyl (C=O) groups excluding carboxylic acids is 1. The van der Waals surface area contributed by atoms with Crippen LogP contribution in [-0.2, 0) is 7.05 Å². The second kappa shape index (κ2) is 4.38. The maximum atomic E-state index is 12.3. The molecule has 1 radical (unpaired) electrons. The van der Waals surface area contributed by atoms with Gasteiger partial charge in [0.2, 0.25) is 5.78 Å². The molecular weight excluding hydrogens is 234 g/mol. The molecule has 0 aliphatic carbocycles. The Labute approximate surface area is 106 Å². The molecule has 17 heavy (non-hydrogen) atoms. The van der Waals surface area contributed by atoms with Crippen LogP contribution in [0.25, 0.3) is 0 Å². The summed E-state index contributed by atoms with van der Waals surface area (Å²) in [7, 11) is 1.85. The van der Waals surface area contributed by atoms with Gasteiger partial charge in [-0.25, -0.2) is 0 Å². The number of halogens is 1. The fourth-order valence-electron chi connectivity index (χ4n) is 1.89. The van der Waals surface area contributed by atoms with Crippen LogP contribution in [0.4, 0.5) is 0 Å². The summed E-state index contributed by atoms with van der Waals surface area (Å²) in [4.78, 5) is 12.3. The normalized spacial score (nSPS) is 10.6. The molecule has 0 fully saturated rings. The first-order valence-corrected chi connectivity index (χ1v) is 5.67. The molecule has 0 unspecified atom stereocenters. The van der Waals surface area contributed by atoms with Crippen molar-refractivity contribution in [2.24, 2.45) is 7.05 Å². The summed E-state index contributed by atoms with van der Waals surface area (Å²) < 4.78 is 1.81. The van der Waals surface area contributed by atoms with E-state index in [1.807, 2.05) is 24.6 Å². The van der Waals surface area contributed by atoms with Gasteiger partial charge in [-0.05, 0) is 49.7 Å². The first kappa shape index (κ1) is 11.9. The van der Waals surface area contributed by atoms with Crippen LogP contribution in [0.2, 0.25) is 5.02 Å². The molecule has 0 bridgehead atoms. The van der Waals surface area contributed by atoms with Crippen molar-refractivity contribution in [1.82, 2.24) is 4.57 Å². The SMILES string of the molecule is [CH2]c1cc(C)c(C(=O)c2ccc(Cl)cc2)n1C. The number of hydrogen-bond acceptors (Lipinski definition) is 1. The molecule has 0 aliphatic rings. The molecule has 0 spiro atoms. The number of nitrogens with zero attached hydrogens (tertiary/aromatic N) is 1. The minimum absolute atomic E-state index is 0.00318. The van der Waals surface area contributed by atoms with Crippen molar-refractivity contribution in [3.05, 3.63) is 64.8 Å². The van der Waals surface area contributed by atoms with Gasteiger partial charge in [-0.2, -0.15) is 0 Å². The summed E-state index contributed by atoms with van der Waals surface area (Å²) in [6.45, 7) is 5.80. The Hall–Kier alpha value is -1.54. The van der Waals surface area contributed by atoms with Crippen LogP contribution in [0.5, 0.6) is 0 Å². The van der Waals surface area contributed by atoms with E-state index in [0.29, 0.717) is 16.3 Å². The van der Waals surface area contributed by atoms with Gasteiger partial charge in [0.1, 0.15) is 0 Å². The lowest BCUT2D eigenvalue weighted by molar-refractivity contribution is 0.103. The summed E-state index contributed by atoms with van der Waals surface area (Å²) in [5, 5.41) is 0.628. The zero-order valence-corrected chi connectivity index (χ0v) is 10.6. The highest BCUT2D eigenvalue weighted by atomic mass is 35.5. The van der Waals surface area contributed by atoms with Crippen molar-refractivity contribution in [2.75, 3.05) is 0 Å². The van der Waals surface area contributed by atoms with Gasteiger partial charge in [0.05, 0.1) is 5.69 Å². The van der Waals surface area contributed by atoms with Crippen molar-refractivity contribution >= 4 is 17.4 Å². The van der Waals surface area contributed by atoms with E-state index in [4.69, 9.17) is 11.6 Å². The Morgan fingerprint density at radius 2 is 1.88 bits per heavy atom. The van der Waals surface area contributed by atoms with Crippen LogP contribution in [0.3, 0.4) is 0 Å². The highest BCUT2D eigenvalue weighted by Gasteiger charge is 2.16. The van der Waals surface area contributed by atoms with Gasteiger partial charge in [0.25, 0.3) is 0 Å². The van der Waals surface area contributed by atoms with Gasteiger partial charge in [0, 0.05) is 23.3 Å². The quantitative estimate of drug-likeness (QED) is 0.745. The van der Waals surface area contributed by atoms with E-state index in [2.05, 4.69) is 6.92 Å². The van der Waals surface area contributed by atoms with E-state index in [9.17, 15) is 4.79 Å². The molecule has 0 atom stereocenters. The second-order valence-electron chi connectivity index (χ2n) is 4.06. The monoisotopic (exact) mass is 246 g/mol. The Balaban J connectivity index is 2.47. The van der Waals surface area contributed by atoms with Gasteiger partial charge < -0.3 is 4.57 Å². The molecule has 0 saturated carbocycles. The molecule has 1 aromatic carbocycles. The summed E-state index contributed by atoms with van der Waals surface area (Å²) in [6.07, 6.45) is 0. The van der Waals surface area contributed by atoms with E-state index in [0.717, 1.165) is 11.3 Å². The number of aromatic nitrogens is 1. The van der Waals surface area contributed by atoms with Crippen LogP contribution in [-0.4, -0.2) is 10.4 Å². The van der Waals surface area contributed by atoms with Crippen LogP contribution >= 0.6 is 11.6 Å².